The van der Waals surface area contributed by atoms with Crippen molar-refractivity contribution in [1.29, 1.82) is 0 Å². The van der Waals surface area contributed by atoms with E-state index >= 15 is 0 Å². The highest BCUT2D eigenvalue weighted by atomic mass is 79.9. The zero-order chi connectivity index (χ0) is 20.6. The Morgan fingerprint density at radius 3 is 2.40 bits per heavy atom. The molecule has 0 saturated carbocycles. The molecule has 0 radical (unpaired) electrons. The van der Waals surface area contributed by atoms with Gasteiger partial charge in [-0.15, -0.1) is 12.4 Å². The topological polar surface area (TPSA) is 30.5 Å². The van der Waals surface area contributed by atoms with E-state index in [0.717, 1.165) is 26.2 Å². The third-order valence-electron chi connectivity index (χ3n) is 4.27. The van der Waals surface area contributed by atoms with Crippen molar-refractivity contribution in [3.63, 3.8) is 0 Å². The summed E-state index contributed by atoms with van der Waals surface area (Å²) >= 11 is 9.80. The van der Waals surface area contributed by atoms with Crippen molar-refractivity contribution in [1.82, 2.24) is 5.32 Å². The summed E-state index contributed by atoms with van der Waals surface area (Å²) in [6, 6.07) is 18.0. The highest BCUT2D eigenvalue weighted by Gasteiger charge is 2.13. The molecular formula is C23H23BrCl2FNO2. The van der Waals surface area contributed by atoms with Gasteiger partial charge in [0.15, 0.2) is 11.5 Å². The largest absolute Gasteiger partial charge is 0.490 e. The van der Waals surface area contributed by atoms with E-state index in [0.29, 0.717) is 37.8 Å². The first-order valence-corrected chi connectivity index (χ1v) is 10.5. The van der Waals surface area contributed by atoms with Crippen molar-refractivity contribution in [2.75, 3.05) is 6.61 Å². The van der Waals surface area contributed by atoms with Gasteiger partial charge in [-0.1, -0.05) is 41.9 Å². The highest BCUT2D eigenvalue weighted by molar-refractivity contribution is 9.10. The molecule has 7 heteroatoms. The van der Waals surface area contributed by atoms with Gasteiger partial charge >= 0.3 is 0 Å². The van der Waals surface area contributed by atoms with E-state index in [1.165, 1.54) is 12.1 Å². The summed E-state index contributed by atoms with van der Waals surface area (Å²) in [6.45, 7) is 4.10. The maximum Gasteiger partial charge on any atom is 0.175 e. The van der Waals surface area contributed by atoms with E-state index in [9.17, 15) is 4.39 Å². The normalized spacial score (nSPS) is 10.4. The molecule has 0 heterocycles. The van der Waals surface area contributed by atoms with Crippen LogP contribution in [0.4, 0.5) is 4.39 Å². The van der Waals surface area contributed by atoms with Gasteiger partial charge in [-0.2, -0.15) is 0 Å². The Labute approximate surface area is 196 Å². The number of halogens is 4. The predicted molar refractivity (Wildman–Crippen MR) is 125 cm³/mol. The highest BCUT2D eigenvalue weighted by Crippen LogP contribution is 2.37. The molecule has 0 aliphatic carbocycles. The molecule has 0 bridgehead atoms. The Kier molecular flexibility index (Phi) is 9.92. The Morgan fingerprint density at radius 1 is 0.967 bits per heavy atom. The monoisotopic (exact) mass is 513 g/mol. The minimum atomic E-state index is -0.265. The lowest BCUT2D eigenvalue weighted by atomic mass is 10.1. The maximum atomic E-state index is 13.1. The molecule has 0 unspecified atom stereocenters. The molecule has 0 saturated heterocycles. The lowest BCUT2D eigenvalue weighted by Gasteiger charge is -2.16. The molecule has 3 aromatic rings. The van der Waals surface area contributed by atoms with Gasteiger partial charge in [0.05, 0.1) is 11.1 Å². The third kappa shape index (κ3) is 6.88. The summed E-state index contributed by atoms with van der Waals surface area (Å²) in [5.74, 6) is 1.03. The Balaban J connectivity index is 0.00000320. The fourth-order valence-electron chi connectivity index (χ4n) is 2.85. The molecule has 0 amide bonds. The van der Waals surface area contributed by atoms with Crippen molar-refractivity contribution in [3.05, 3.63) is 92.7 Å². The van der Waals surface area contributed by atoms with Crippen molar-refractivity contribution in [3.8, 4) is 11.5 Å². The standard InChI is InChI=1S/C23H22BrClFNO2.ClH/c1-2-28-22-12-17(13-27-14-18-5-3-4-6-21(18)25)11-20(24)23(22)29-15-16-7-9-19(26)10-8-16;/h3-12,27H,2,13-15H2,1H3;1H. The van der Waals surface area contributed by atoms with E-state index in [-0.39, 0.29) is 18.2 Å². The Morgan fingerprint density at radius 2 is 1.70 bits per heavy atom. The van der Waals surface area contributed by atoms with Crippen molar-refractivity contribution in [2.45, 2.75) is 26.6 Å². The summed E-state index contributed by atoms with van der Waals surface area (Å²) in [6.07, 6.45) is 0. The molecule has 1 N–H and O–H groups in total. The smallest absolute Gasteiger partial charge is 0.175 e. The van der Waals surface area contributed by atoms with Crippen LogP contribution in [0.1, 0.15) is 23.6 Å². The second-order valence-corrected chi connectivity index (χ2v) is 7.71. The maximum absolute atomic E-state index is 13.1. The van der Waals surface area contributed by atoms with E-state index in [1.807, 2.05) is 43.3 Å². The van der Waals surface area contributed by atoms with Crippen molar-refractivity contribution in [2.24, 2.45) is 0 Å². The average molecular weight is 515 g/mol. The van der Waals surface area contributed by atoms with Crippen LogP contribution in [-0.4, -0.2) is 6.61 Å². The Hall–Kier alpha value is -1.79. The Bertz CT molecular complexity index is 954. The van der Waals surface area contributed by atoms with E-state index in [1.54, 1.807) is 12.1 Å². The van der Waals surface area contributed by atoms with Crippen LogP contribution in [0.2, 0.25) is 5.02 Å². The van der Waals surface area contributed by atoms with Gasteiger partial charge in [-0.3, -0.25) is 0 Å². The van der Waals surface area contributed by atoms with Crippen molar-refractivity contribution < 1.29 is 13.9 Å². The summed E-state index contributed by atoms with van der Waals surface area (Å²) in [5.41, 5.74) is 2.99. The summed E-state index contributed by atoms with van der Waals surface area (Å²) in [7, 11) is 0. The first-order chi connectivity index (χ1) is 14.1. The molecule has 0 aromatic heterocycles. The minimum absolute atomic E-state index is 0. The van der Waals surface area contributed by atoms with Crippen LogP contribution in [0.3, 0.4) is 0 Å². The molecular weight excluding hydrogens is 492 g/mol. The molecule has 3 aromatic carbocycles. The fourth-order valence-corrected chi connectivity index (χ4v) is 3.65. The van der Waals surface area contributed by atoms with Gasteiger partial charge < -0.3 is 14.8 Å². The minimum Gasteiger partial charge on any atom is -0.490 e. The molecule has 30 heavy (non-hydrogen) atoms. The zero-order valence-electron chi connectivity index (χ0n) is 16.5. The van der Waals surface area contributed by atoms with E-state index < -0.39 is 0 Å². The first-order valence-electron chi connectivity index (χ1n) is 9.33. The molecule has 0 aliphatic heterocycles. The van der Waals surface area contributed by atoms with Crippen LogP contribution in [0.25, 0.3) is 0 Å². The van der Waals surface area contributed by atoms with Gasteiger partial charge in [0.1, 0.15) is 12.4 Å². The molecule has 0 spiro atoms. The van der Waals surface area contributed by atoms with Gasteiger partial charge in [-0.25, -0.2) is 4.39 Å². The summed E-state index contributed by atoms with van der Waals surface area (Å²) in [4.78, 5) is 0. The van der Waals surface area contributed by atoms with Gasteiger partial charge in [0, 0.05) is 18.1 Å². The molecule has 3 nitrogen and oxygen atoms in total. The quantitative estimate of drug-likeness (QED) is 0.335. The number of ether oxygens (including phenoxy) is 2. The fraction of sp³-hybridized carbons (Fsp3) is 0.217. The average Bonchev–Trinajstić information content (AvgIpc) is 2.70. The van der Waals surface area contributed by atoms with Crippen LogP contribution < -0.4 is 14.8 Å². The first kappa shape index (κ1) is 24.5. The van der Waals surface area contributed by atoms with Gasteiger partial charge in [-0.05, 0) is 69.9 Å². The summed E-state index contributed by atoms with van der Waals surface area (Å²) in [5, 5.41) is 4.15. The lowest BCUT2D eigenvalue weighted by Crippen LogP contribution is -2.13. The molecule has 160 valence electrons. The molecule has 3 rings (SSSR count). The van der Waals surface area contributed by atoms with Crippen LogP contribution in [-0.2, 0) is 19.7 Å². The number of nitrogens with one attached hydrogen (secondary N) is 1. The zero-order valence-corrected chi connectivity index (χ0v) is 19.6. The van der Waals surface area contributed by atoms with Gasteiger partial charge in [0.2, 0.25) is 0 Å². The predicted octanol–water partition coefficient (Wildman–Crippen LogP) is 6.93. The van der Waals surface area contributed by atoms with Crippen molar-refractivity contribution >= 4 is 39.9 Å². The molecule has 0 atom stereocenters. The number of rotatable bonds is 9. The number of benzene rings is 3. The van der Waals surface area contributed by atoms with Crippen LogP contribution >= 0.6 is 39.9 Å². The second-order valence-electron chi connectivity index (χ2n) is 6.45. The van der Waals surface area contributed by atoms with Gasteiger partial charge in [0.25, 0.3) is 0 Å². The van der Waals surface area contributed by atoms with Crippen LogP contribution in [0.15, 0.2) is 65.1 Å². The van der Waals surface area contributed by atoms with E-state index in [4.69, 9.17) is 21.1 Å². The number of hydrogen-bond donors (Lipinski definition) is 1. The molecule has 0 aliphatic rings. The summed E-state index contributed by atoms with van der Waals surface area (Å²) < 4.78 is 25.6. The van der Waals surface area contributed by atoms with Crippen LogP contribution in [0, 0.1) is 5.82 Å². The second kappa shape index (κ2) is 12.2. The SMILES string of the molecule is CCOc1cc(CNCc2ccccc2Cl)cc(Br)c1OCc1ccc(F)cc1.Cl. The van der Waals surface area contributed by atoms with Crippen LogP contribution in [0.5, 0.6) is 11.5 Å². The number of hydrogen-bond acceptors (Lipinski definition) is 3. The molecule has 0 fully saturated rings. The third-order valence-corrected chi connectivity index (χ3v) is 5.23. The van der Waals surface area contributed by atoms with E-state index in [2.05, 4.69) is 21.2 Å². The lowest BCUT2D eigenvalue weighted by molar-refractivity contribution is 0.267.